The van der Waals surface area contributed by atoms with Crippen molar-refractivity contribution in [2.24, 2.45) is 7.05 Å². The summed E-state index contributed by atoms with van der Waals surface area (Å²) in [6.45, 7) is 2.18. The number of amides is 1. The summed E-state index contributed by atoms with van der Waals surface area (Å²) in [4.78, 5) is 14.8. The standard InChI is InChI=1S/C22H23N5O2S/c1-16(21(28)27(15-9-14-23)17-10-5-4-6-11-17)30-22-25-24-20(26(22)2)18-12-7-8-13-19(18)29-3/h4-8,10-13,16H,9,15H2,1-3H3/t16-/m1/s1. The van der Waals surface area contributed by atoms with Gasteiger partial charge in [-0.05, 0) is 31.2 Å². The van der Waals surface area contributed by atoms with E-state index < -0.39 is 5.25 Å². The average molecular weight is 422 g/mol. The van der Waals surface area contributed by atoms with Gasteiger partial charge in [0.15, 0.2) is 11.0 Å². The molecule has 1 heterocycles. The number of anilines is 1. The summed E-state index contributed by atoms with van der Waals surface area (Å²) in [5.74, 6) is 1.29. The van der Waals surface area contributed by atoms with Crippen LogP contribution in [0.4, 0.5) is 5.69 Å². The Bertz CT molecular complexity index is 1050. The van der Waals surface area contributed by atoms with E-state index in [9.17, 15) is 4.79 Å². The second kappa shape index (κ2) is 9.94. The molecule has 0 saturated carbocycles. The Kier molecular flexibility index (Phi) is 7.09. The van der Waals surface area contributed by atoms with Crippen molar-refractivity contribution >= 4 is 23.4 Å². The van der Waals surface area contributed by atoms with Crippen LogP contribution >= 0.6 is 11.8 Å². The van der Waals surface area contributed by atoms with E-state index >= 15 is 0 Å². The minimum Gasteiger partial charge on any atom is -0.496 e. The third-order valence-corrected chi connectivity index (χ3v) is 5.72. The lowest BCUT2D eigenvalue weighted by Crippen LogP contribution is -2.37. The normalized spacial score (nSPS) is 11.5. The third kappa shape index (κ3) is 4.63. The maximum absolute atomic E-state index is 13.2. The summed E-state index contributed by atoms with van der Waals surface area (Å²) >= 11 is 1.34. The van der Waals surface area contributed by atoms with E-state index in [1.54, 1.807) is 12.0 Å². The van der Waals surface area contributed by atoms with Crippen LogP contribution in [0.15, 0.2) is 59.8 Å². The molecule has 1 amide bonds. The van der Waals surface area contributed by atoms with Gasteiger partial charge in [-0.1, -0.05) is 42.1 Å². The lowest BCUT2D eigenvalue weighted by molar-refractivity contribution is -0.117. The third-order valence-electron chi connectivity index (χ3n) is 4.59. The van der Waals surface area contributed by atoms with Crippen molar-refractivity contribution in [2.45, 2.75) is 23.8 Å². The summed E-state index contributed by atoms with van der Waals surface area (Å²) in [5, 5.41) is 17.8. The van der Waals surface area contributed by atoms with E-state index in [1.165, 1.54) is 11.8 Å². The van der Waals surface area contributed by atoms with Crippen LogP contribution < -0.4 is 9.64 Å². The number of para-hydroxylation sites is 2. The molecule has 0 saturated heterocycles. The van der Waals surface area contributed by atoms with Crippen molar-refractivity contribution in [1.29, 1.82) is 5.26 Å². The van der Waals surface area contributed by atoms with E-state index in [1.807, 2.05) is 73.1 Å². The number of carbonyl (C=O) groups is 1. The summed E-state index contributed by atoms with van der Waals surface area (Å²) < 4.78 is 7.28. The number of hydrogen-bond acceptors (Lipinski definition) is 6. The molecule has 0 unspecified atom stereocenters. The van der Waals surface area contributed by atoms with Gasteiger partial charge in [0.1, 0.15) is 5.75 Å². The minimum atomic E-state index is -0.405. The van der Waals surface area contributed by atoms with Crippen LogP contribution in [0.5, 0.6) is 5.75 Å². The minimum absolute atomic E-state index is 0.0803. The number of aromatic nitrogens is 3. The van der Waals surface area contributed by atoms with Crippen LogP contribution in [0.25, 0.3) is 11.4 Å². The quantitative estimate of drug-likeness (QED) is 0.513. The topological polar surface area (TPSA) is 84.0 Å². The van der Waals surface area contributed by atoms with E-state index in [0.717, 1.165) is 11.3 Å². The number of ether oxygens (including phenoxy) is 1. The monoisotopic (exact) mass is 421 g/mol. The van der Waals surface area contributed by atoms with Gasteiger partial charge in [0.25, 0.3) is 0 Å². The molecule has 0 bridgehead atoms. The average Bonchev–Trinajstić information content (AvgIpc) is 3.14. The zero-order valence-corrected chi connectivity index (χ0v) is 18.0. The van der Waals surface area contributed by atoms with Gasteiger partial charge in [0, 0.05) is 19.3 Å². The summed E-state index contributed by atoms with van der Waals surface area (Å²) in [7, 11) is 3.48. The lowest BCUT2D eigenvalue weighted by atomic mass is 10.2. The second-order valence-electron chi connectivity index (χ2n) is 6.56. The van der Waals surface area contributed by atoms with Crippen molar-refractivity contribution in [3.63, 3.8) is 0 Å². The number of carbonyl (C=O) groups excluding carboxylic acids is 1. The van der Waals surface area contributed by atoms with Gasteiger partial charge in [-0.3, -0.25) is 4.79 Å². The first-order chi connectivity index (χ1) is 14.6. The van der Waals surface area contributed by atoms with Crippen LogP contribution in [0.1, 0.15) is 13.3 Å². The molecule has 3 rings (SSSR count). The molecule has 1 atom stereocenters. The van der Waals surface area contributed by atoms with Crippen LogP contribution in [0.2, 0.25) is 0 Å². The largest absolute Gasteiger partial charge is 0.496 e. The van der Waals surface area contributed by atoms with Gasteiger partial charge in [-0.2, -0.15) is 5.26 Å². The fourth-order valence-corrected chi connectivity index (χ4v) is 3.92. The molecule has 3 aromatic rings. The van der Waals surface area contributed by atoms with E-state index in [4.69, 9.17) is 10.00 Å². The number of methoxy groups -OCH3 is 1. The number of thioether (sulfide) groups is 1. The molecule has 0 aliphatic rings. The van der Waals surface area contributed by atoms with E-state index in [-0.39, 0.29) is 12.3 Å². The highest BCUT2D eigenvalue weighted by atomic mass is 32.2. The molecule has 0 spiro atoms. The fourth-order valence-electron chi connectivity index (χ4n) is 3.05. The zero-order chi connectivity index (χ0) is 21.5. The van der Waals surface area contributed by atoms with Crippen LogP contribution in [0, 0.1) is 11.3 Å². The summed E-state index contributed by atoms with van der Waals surface area (Å²) in [5.41, 5.74) is 1.61. The smallest absolute Gasteiger partial charge is 0.240 e. The molecule has 0 fully saturated rings. The van der Waals surface area contributed by atoms with Crippen molar-refractivity contribution in [1.82, 2.24) is 14.8 Å². The molecule has 8 heteroatoms. The van der Waals surface area contributed by atoms with Crippen molar-refractivity contribution in [2.75, 3.05) is 18.6 Å². The highest BCUT2D eigenvalue weighted by Gasteiger charge is 2.25. The predicted octanol–water partition coefficient (Wildman–Crippen LogP) is 3.92. The number of rotatable bonds is 8. The first kappa shape index (κ1) is 21.4. The van der Waals surface area contributed by atoms with Crippen molar-refractivity contribution < 1.29 is 9.53 Å². The van der Waals surface area contributed by atoms with Gasteiger partial charge < -0.3 is 14.2 Å². The number of hydrogen-bond donors (Lipinski definition) is 0. The zero-order valence-electron chi connectivity index (χ0n) is 17.1. The van der Waals surface area contributed by atoms with E-state index in [2.05, 4.69) is 16.3 Å². The van der Waals surface area contributed by atoms with Gasteiger partial charge >= 0.3 is 0 Å². The fraction of sp³-hybridized carbons (Fsp3) is 0.273. The van der Waals surface area contributed by atoms with Crippen LogP contribution in [-0.2, 0) is 11.8 Å². The Labute approximate surface area is 180 Å². The molecular formula is C22H23N5O2S. The molecule has 7 nitrogen and oxygen atoms in total. The van der Waals surface area contributed by atoms with Gasteiger partial charge in [0.2, 0.25) is 5.91 Å². The lowest BCUT2D eigenvalue weighted by Gasteiger charge is -2.24. The molecule has 0 aliphatic heterocycles. The van der Waals surface area contributed by atoms with Crippen molar-refractivity contribution in [3.8, 4) is 23.2 Å². The highest BCUT2D eigenvalue weighted by molar-refractivity contribution is 8.00. The van der Waals surface area contributed by atoms with Gasteiger partial charge in [-0.25, -0.2) is 0 Å². The maximum atomic E-state index is 13.2. The van der Waals surface area contributed by atoms with Crippen molar-refractivity contribution in [3.05, 3.63) is 54.6 Å². The highest BCUT2D eigenvalue weighted by Crippen LogP contribution is 2.31. The molecule has 30 heavy (non-hydrogen) atoms. The Morgan fingerprint density at radius 3 is 2.60 bits per heavy atom. The van der Waals surface area contributed by atoms with E-state index in [0.29, 0.717) is 23.3 Å². The molecule has 0 radical (unpaired) electrons. The van der Waals surface area contributed by atoms with Crippen LogP contribution in [0.3, 0.4) is 0 Å². The Balaban J connectivity index is 1.81. The second-order valence-corrected chi connectivity index (χ2v) is 7.87. The molecule has 0 N–H and O–H groups in total. The Hall–Kier alpha value is -3.31. The Morgan fingerprint density at radius 1 is 1.20 bits per heavy atom. The van der Waals surface area contributed by atoms with Gasteiger partial charge in [0.05, 0.1) is 30.4 Å². The molecule has 2 aromatic carbocycles. The summed E-state index contributed by atoms with van der Waals surface area (Å²) in [6.07, 6.45) is 0.264. The first-order valence-corrected chi connectivity index (χ1v) is 10.4. The SMILES string of the molecule is COc1ccccc1-c1nnc(S[C@H](C)C(=O)N(CCC#N)c2ccccc2)n1C. The first-order valence-electron chi connectivity index (χ1n) is 9.49. The summed E-state index contributed by atoms with van der Waals surface area (Å²) in [6, 6.07) is 19.1. The number of benzene rings is 2. The molecule has 154 valence electrons. The Morgan fingerprint density at radius 2 is 1.90 bits per heavy atom. The molecular weight excluding hydrogens is 398 g/mol. The predicted molar refractivity (Wildman–Crippen MR) is 117 cm³/mol. The van der Waals surface area contributed by atoms with Gasteiger partial charge in [-0.15, -0.1) is 10.2 Å². The molecule has 0 aliphatic carbocycles. The number of nitrogens with zero attached hydrogens (tertiary/aromatic N) is 5. The number of nitriles is 1. The van der Waals surface area contributed by atoms with Crippen LogP contribution in [-0.4, -0.2) is 39.6 Å². The molecule has 1 aromatic heterocycles. The maximum Gasteiger partial charge on any atom is 0.240 e.